The maximum Gasteiger partial charge on any atom is 0.227 e. The molecule has 0 amide bonds. The molecule has 0 N–H and O–H groups in total. The highest BCUT2D eigenvalue weighted by atomic mass is 16.3. The van der Waals surface area contributed by atoms with E-state index in [0.717, 1.165) is 72.0 Å². The van der Waals surface area contributed by atoms with E-state index in [1.807, 2.05) is 36.4 Å². The zero-order valence-electron chi connectivity index (χ0n) is 34.7. The van der Waals surface area contributed by atoms with E-state index in [1.54, 1.807) is 0 Å². The number of rotatable bonds is 7. The molecule has 4 heteroatoms. The lowest BCUT2D eigenvalue weighted by Crippen LogP contribution is -2.28. The van der Waals surface area contributed by atoms with Gasteiger partial charge < -0.3 is 13.7 Å². The highest BCUT2D eigenvalue weighted by Gasteiger charge is 2.47. The van der Waals surface area contributed by atoms with Crippen LogP contribution in [0.1, 0.15) is 22.3 Å². The van der Waals surface area contributed by atoms with Gasteiger partial charge in [0.25, 0.3) is 0 Å². The summed E-state index contributed by atoms with van der Waals surface area (Å²) in [5, 5.41) is 4.28. The first-order chi connectivity index (χ1) is 31.7. The number of fused-ring (bicyclic) bond motifs is 9. The molecule has 2 heterocycles. The summed E-state index contributed by atoms with van der Waals surface area (Å²) in [4.78, 5) is 7.29. The van der Waals surface area contributed by atoms with E-state index in [4.69, 9.17) is 13.8 Å². The number of oxazole rings is 1. The van der Waals surface area contributed by atoms with Crippen molar-refractivity contribution in [3.8, 4) is 33.7 Å². The minimum absolute atomic E-state index is 0.551. The van der Waals surface area contributed by atoms with Crippen LogP contribution in [-0.2, 0) is 5.41 Å². The molecule has 0 atom stereocenters. The normalized spacial score (nSPS) is 12.8. The van der Waals surface area contributed by atoms with Crippen molar-refractivity contribution in [2.24, 2.45) is 0 Å². The van der Waals surface area contributed by atoms with Crippen molar-refractivity contribution in [3.05, 3.63) is 253 Å². The summed E-state index contributed by atoms with van der Waals surface area (Å²) in [6, 6.07) is 82.5. The van der Waals surface area contributed by atoms with Gasteiger partial charge in [-0.2, -0.15) is 0 Å². The topological polar surface area (TPSA) is 42.4 Å². The summed E-state index contributed by atoms with van der Waals surface area (Å²) in [6.45, 7) is 0. The summed E-state index contributed by atoms with van der Waals surface area (Å²) in [7, 11) is 0. The van der Waals surface area contributed by atoms with Crippen LogP contribution in [0.3, 0.4) is 0 Å². The van der Waals surface area contributed by atoms with E-state index >= 15 is 0 Å². The van der Waals surface area contributed by atoms with E-state index < -0.39 is 5.41 Å². The number of furan rings is 1. The zero-order valence-corrected chi connectivity index (χ0v) is 34.7. The second-order valence-corrected chi connectivity index (χ2v) is 16.6. The van der Waals surface area contributed by atoms with Crippen molar-refractivity contribution in [3.63, 3.8) is 0 Å². The van der Waals surface area contributed by atoms with Gasteiger partial charge in [-0.05, 0) is 92.9 Å². The van der Waals surface area contributed by atoms with Gasteiger partial charge in [0.1, 0.15) is 16.7 Å². The van der Waals surface area contributed by atoms with Crippen LogP contribution >= 0.6 is 0 Å². The van der Waals surface area contributed by atoms with Gasteiger partial charge in [-0.15, -0.1) is 0 Å². The van der Waals surface area contributed by atoms with Gasteiger partial charge in [0.05, 0.1) is 16.8 Å². The maximum absolute atomic E-state index is 6.87. The van der Waals surface area contributed by atoms with Crippen LogP contribution < -0.4 is 4.90 Å². The van der Waals surface area contributed by atoms with Gasteiger partial charge in [-0.1, -0.05) is 176 Å². The summed E-state index contributed by atoms with van der Waals surface area (Å²) in [6.07, 6.45) is 0. The predicted octanol–water partition coefficient (Wildman–Crippen LogP) is 16.0. The van der Waals surface area contributed by atoms with E-state index in [9.17, 15) is 0 Å². The Hall–Kier alpha value is -8.47. The van der Waals surface area contributed by atoms with Crippen LogP contribution in [-0.4, -0.2) is 4.98 Å². The zero-order chi connectivity index (χ0) is 42.2. The molecule has 0 radical (unpaired) electrons. The molecule has 12 aromatic rings. The van der Waals surface area contributed by atoms with Crippen LogP contribution in [0.15, 0.2) is 239 Å². The number of hydrogen-bond acceptors (Lipinski definition) is 4. The Balaban J connectivity index is 1.09. The molecule has 13 rings (SSSR count). The Kier molecular flexibility index (Phi) is 8.09. The third-order valence-corrected chi connectivity index (χ3v) is 13.2. The van der Waals surface area contributed by atoms with Gasteiger partial charge >= 0.3 is 0 Å². The molecular weight excluding hydrogens is 781 g/mol. The van der Waals surface area contributed by atoms with Crippen LogP contribution in [0, 0.1) is 0 Å². The Morgan fingerprint density at radius 2 is 1.02 bits per heavy atom. The Labute approximate surface area is 369 Å². The summed E-state index contributed by atoms with van der Waals surface area (Å²) in [5.41, 5.74) is 16.4. The molecule has 64 heavy (non-hydrogen) atoms. The maximum atomic E-state index is 6.87. The molecule has 0 fully saturated rings. The van der Waals surface area contributed by atoms with Gasteiger partial charge in [0.2, 0.25) is 5.89 Å². The molecule has 0 bridgehead atoms. The van der Waals surface area contributed by atoms with Crippen molar-refractivity contribution >= 4 is 60.9 Å². The quantitative estimate of drug-likeness (QED) is 0.161. The molecule has 0 saturated carbocycles. The Morgan fingerprint density at radius 1 is 0.391 bits per heavy atom. The lowest BCUT2D eigenvalue weighted by molar-refractivity contribution is 0.620. The standard InChI is InChI=1S/C60H38N2O2/c1-4-17-39(18-5-1)40-31-34-44(35-32-40)62(52-29-16-27-50-58(52)47-25-12-13-26-49(47)60(50,42-19-6-2-7-20-42)43-21-8-3-9-22-43)53-38-56-57(46-24-11-10-23-45(46)53)48-37-41(33-36-54(48)63-56)59-61-51-28-14-15-30-55(51)64-59/h1-38H. The molecular formula is C60H38N2O2. The number of nitrogens with zero attached hydrogens (tertiary/aromatic N) is 2. The predicted molar refractivity (Wildman–Crippen MR) is 262 cm³/mol. The fraction of sp³-hybridized carbons (Fsp3) is 0.0167. The van der Waals surface area contributed by atoms with Crippen molar-refractivity contribution < 1.29 is 8.83 Å². The second-order valence-electron chi connectivity index (χ2n) is 16.6. The first-order valence-electron chi connectivity index (χ1n) is 21.8. The number of anilines is 3. The van der Waals surface area contributed by atoms with Crippen molar-refractivity contribution in [2.75, 3.05) is 4.90 Å². The van der Waals surface area contributed by atoms with E-state index in [2.05, 4.69) is 199 Å². The first-order valence-corrected chi connectivity index (χ1v) is 21.8. The number of aromatic nitrogens is 1. The minimum Gasteiger partial charge on any atom is -0.456 e. The van der Waals surface area contributed by atoms with Crippen LogP contribution in [0.25, 0.3) is 77.5 Å². The molecule has 10 aromatic carbocycles. The Bertz CT molecular complexity index is 3650. The van der Waals surface area contributed by atoms with E-state index in [0.29, 0.717) is 5.89 Å². The lowest BCUT2D eigenvalue weighted by atomic mass is 9.68. The highest BCUT2D eigenvalue weighted by molar-refractivity contribution is 6.23. The third-order valence-electron chi connectivity index (χ3n) is 13.2. The number of benzene rings is 10. The van der Waals surface area contributed by atoms with Crippen LogP contribution in [0.5, 0.6) is 0 Å². The van der Waals surface area contributed by atoms with Crippen LogP contribution in [0.2, 0.25) is 0 Å². The highest BCUT2D eigenvalue weighted by Crippen LogP contribution is 2.60. The summed E-state index contributed by atoms with van der Waals surface area (Å²) >= 11 is 0. The summed E-state index contributed by atoms with van der Waals surface area (Å²) < 4.78 is 13.1. The SMILES string of the molecule is c1ccc(-c2ccc(N(c3cccc4c3-c3ccccc3C4(c3ccccc3)c3ccccc3)c3cc4oc5ccc(-c6nc7ccccc7o6)cc5c4c4ccccc34)cc2)cc1. The van der Waals surface area contributed by atoms with Gasteiger partial charge in [0, 0.05) is 39.0 Å². The van der Waals surface area contributed by atoms with E-state index in [1.165, 1.54) is 38.9 Å². The molecule has 300 valence electrons. The second kappa shape index (κ2) is 14.3. The monoisotopic (exact) mass is 818 g/mol. The Morgan fingerprint density at radius 3 is 1.78 bits per heavy atom. The molecule has 0 unspecified atom stereocenters. The van der Waals surface area contributed by atoms with Crippen molar-refractivity contribution in [1.82, 2.24) is 4.98 Å². The fourth-order valence-corrected chi connectivity index (χ4v) is 10.4. The molecule has 1 aliphatic carbocycles. The minimum atomic E-state index is -0.551. The van der Waals surface area contributed by atoms with Gasteiger partial charge in [-0.3, -0.25) is 0 Å². The summed E-state index contributed by atoms with van der Waals surface area (Å²) in [5.74, 6) is 0.587. The average molecular weight is 819 g/mol. The van der Waals surface area contributed by atoms with E-state index in [-0.39, 0.29) is 0 Å². The third kappa shape index (κ3) is 5.39. The fourth-order valence-electron chi connectivity index (χ4n) is 10.4. The van der Waals surface area contributed by atoms with Gasteiger partial charge in [-0.25, -0.2) is 4.98 Å². The molecule has 1 aliphatic rings. The van der Waals surface area contributed by atoms with Crippen LogP contribution in [0.4, 0.5) is 17.1 Å². The molecule has 4 nitrogen and oxygen atoms in total. The average Bonchev–Trinajstić information content (AvgIpc) is 4.06. The largest absolute Gasteiger partial charge is 0.456 e. The van der Waals surface area contributed by atoms with Crippen molar-refractivity contribution in [1.29, 1.82) is 0 Å². The molecule has 2 aromatic heterocycles. The molecule has 0 saturated heterocycles. The smallest absolute Gasteiger partial charge is 0.227 e. The van der Waals surface area contributed by atoms with Gasteiger partial charge in [0.15, 0.2) is 5.58 Å². The number of hydrogen-bond donors (Lipinski definition) is 0. The first kappa shape index (κ1) is 36.2. The molecule has 0 aliphatic heterocycles. The lowest BCUT2D eigenvalue weighted by Gasteiger charge is -2.34. The number of para-hydroxylation sites is 2. The van der Waals surface area contributed by atoms with Crippen molar-refractivity contribution in [2.45, 2.75) is 5.41 Å². The molecule has 0 spiro atoms.